The van der Waals surface area contributed by atoms with E-state index >= 15 is 0 Å². The Morgan fingerprint density at radius 1 is 1.36 bits per heavy atom. The number of primary amides is 1. The van der Waals surface area contributed by atoms with Crippen LogP contribution in [-0.2, 0) is 30.6 Å². The number of fused-ring (bicyclic) bond motifs is 2. The maximum absolute atomic E-state index is 12.9. The van der Waals surface area contributed by atoms with Crippen molar-refractivity contribution in [2.75, 3.05) is 18.3 Å². The quantitative estimate of drug-likeness (QED) is 0.0845. The highest BCUT2D eigenvalue weighted by molar-refractivity contribution is 8.02. The van der Waals surface area contributed by atoms with Gasteiger partial charge < -0.3 is 26.2 Å². The molecule has 3 amide bonds. The third kappa shape index (κ3) is 5.71. The lowest BCUT2D eigenvalue weighted by Gasteiger charge is -2.45. The Labute approximate surface area is 246 Å². The Morgan fingerprint density at radius 2 is 2.17 bits per heavy atom. The first-order valence-corrected chi connectivity index (χ1v) is 14.3. The molecule has 1 saturated heterocycles. The number of allylic oxidation sites excluding steroid dienone is 1. The first kappa shape index (κ1) is 28.8. The van der Waals surface area contributed by atoms with Crippen molar-refractivity contribution in [2.45, 2.75) is 16.9 Å². The van der Waals surface area contributed by atoms with Gasteiger partial charge in [0, 0.05) is 23.4 Å². The first-order chi connectivity index (χ1) is 20.2. The van der Waals surface area contributed by atoms with Crippen LogP contribution in [0.5, 0.6) is 0 Å². The van der Waals surface area contributed by atoms with Crippen LogP contribution < -0.4 is 21.1 Å². The predicted octanol–water partition coefficient (Wildman–Crippen LogP) is -1.62. The molecule has 0 aromatic carbocycles. The minimum Gasteiger partial charge on any atom is -0.543 e. The molecule has 3 aromatic heterocycles. The summed E-state index contributed by atoms with van der Waals surface area (Å²) in [6.07, 6.45) is 4.85. The number of nitrogen functional groups attached to an aromatic ring is 1. The number of imidazole rings is 1. The van der Waals surface area contributed by atoms with Crippen molar-refractivity contribution in [3.63, 3.8) is 0 Å². The number of hydrogen-bond donors (Lipinski definition) is 2. The fourth-order valence-electron chi connectivity index (χ4n) is 3.89. The molecule has 4 N–H and O–H groups in total. The fraction of sp³-hybridized carbons (Fsp3) is 0.182. The van der Waals surface area contributed by atoms with E-state index < -0.39 is 41.6 Å². The number of carboxylic acids is 1. The normalized spacial score (nSPS) is 18.1. The Balaban J connectivity index is 1.33. The van der Waals surface area contributed by atoms with Gasteiger partial charge in [-0.05, 0) is 23.1 Å². The van der Waals surface area contributed by atoms with Crippen molar-refractivity contribution < 1.29 is 38.1 Å². The number of carboxylic acid groups (broad SMARTS) is 1. The molecule has 3 aromatic rings. The molecule has 0 spiro atoms. The van der Waals surface area contributed by atoms with Crippen molar-refractivity contribution in [3.8, 4) is 0 Å². The van der Waals surface area contributed by atoms with Crippen molar-refractivity contribution in [3.05, 3.63) is 53.1 Å². The number of aliphatic carboxylic acids is 1. The number of anilines is 1. The maximum atomic E-state index is 12.9. The Bertz CT molecular complexity index is 1750. The summed E-state index contributed by atoms with van der Waals surface area (Å²) in [4.78, 5) is 61.8. The molecule has 2 aliphatic rings. The van der Waals surface area contributed by atoms with Gasteiger partial charge in [-0.2, -0.15) is 9.36 Å². The fourth-order valence-corrected chi connectivity index (χ4v) is 6.21. The Morgan fingerprint density at radius 3 is 2.86 bits per heavy atom. The molecule has 216 valence electrons. The molecule has 20 heteroatoms. The number of halogens is 1. The summed E-state index contributed by atoms with van der Waals surface area (Å²) >= 11 is 3.10. The Hall–Kier alpha value is -4.69. The second-order valence-corrected chi connectivity index (χ2v) is 11.0. The molecule has 1 fully saturated rings. The molecule has 1 atom stereocenters. The first-order valence-electron chi connectivity index (χ1n) is 11.5. The predicted molar refractivity (Wildman–Crippen MR) is 145 cm³/mol. The van der Waals surface area contributed by atoms with E-state index in [1.54, 1.807) is 39.0 Å². The van der Waals surface area contributed by atoms with Crippen LogP contribution in [0.2, 0.25) is 0 Å². The number of nitrogens with two attached hydrogens (primary N) is 2. The van der Waals surface area contributed by atoms with Crippen LogP contribution in [0, 0.1) is 0 Å². The Kier molecular flexibility index (Phi) is 8.27. The summed E-state index contributed by atoms with van der Waals surface area (Å²) in [5.41, 5.74) is 10.5. The van der Waals surface area contributed by atoms with Gasteiger partial charge in [0.1, 0.15) is 22.3 Å². The summed E-state index contributed by atoms with van der Waals surface area (Å²) in [5, 5.41) is 21.1. The zero-order valence-electron chi connectivity index (χ0n) is 20.9. The molecule has 0 bridgehead atoms. The van der Waals surface area contributed by atoms with E-state index in [4.69, 9.17) is 11.5 Å². The minimum atomic E-state index is -1.59. The van der Waals surface area contributed by atoms with Crippen molar-refractivity contribution >= 4 is 80.9 Å². The smallest absolute Gasteiger partial charge is 0.307 e. The van der Waals surface area contributed by atoms with Crippen molar-refractivity contribution in [2.24, 2.45) is 15.9 Å². The molecule has 2 aliphatic heterocycles. The van der Waals surface area contributed by atoms with E-state index in [0.717, 1.165) is 28.2 Å². The highest BCUT2D eigenvalue weighted by atomic mass is 32.2. The lowest BCUT2D eigenvalue weighted by atomic mass is 10.1. The number of aliphatic imine (C=N–C) groups is 1. The second-order valence-electron chi connectivity index (χ2n) is 8.22. The summed E-state index contributed by atoms with van der Waals surface area (Å²) in [6.45, 7) is -1.35. The second kappa shape index (κ2) is 12.0. The van der Waals surface area contributed by atoms with Gasteiger partial charge in [0.15, 0.2) is 17.9 Å². The number of rotatable bonds is 10. The highest BCUT2D eigenvalue weighted by Crippen LogP contribution is 2.39. The maximum Gasteiger partial charge on any atom is 0.307 e. The summed E-state index contributed by atoms with van der Waals surface area (Å²) in [5.74, 6) is -4.14. The minimum absolute atomic E-state index is 0.000364. The monoisotopic (exact) mass is 632 g/mol. The lowest BCUT2D eigenvalue weighted by molar-refractivity contribution is -0.658. The van der Waals surface area contributed by atoms with Crippen LogP contribution in [0.4, 0.5) is 9.52 Å². The van der Waals surface area contributed by atoms with Gasteiger partial charge in [0.05, 0.1) is 11.7 Å². The third-order valence-corrected chi connectivity index (χ3v) is 8.11. The van der Waals surface area contributed by atoms with E-state index in [2.05, 4.69) is 29.4 Å². The summed E-state index contributed by atoms with van der Waals surface area (Å²) in [7, 11) is 0. The molecule has 0 radical (unpaired) electrons. The van der Waals surface area contributed by atoms with Gasteiger partial charge in [-0.25, -0.2) is 13.9 Å². The van der Waals surface area contributed by atoms with Gasteiger partial charge in [-0.1, -0.05) is 22.0 Å². The van der Waals surface area contributed by atoms with Gasteiger partial charge in [-0.3, -0.25) is 19.3 Å². The highest BCUT2D eigenvalue weighted by Gasteiger charge is 2.50. The van der Waals surface area contributed by atoms with Gasteiger partial charge in [-0.15, -0.1) is 16.3 Å². The molecule has 0 aliphatic carbocycles. The van der Waals surface area contributed by atoms with E-state index in [1.165, 1.54) is 17.8 Å². The van der Waals surface area contributed by atoms with Crippen molar-refractivity contribution in [1.29, 1.82) is 0 Å². The number of aromatic nitrogens is 5. The van der Waals surface area contributed by atoms with E-state index in [1.807, 2.05) is 0 Å². The van der Waals surface area contributed by atoms with Gasteiger partial charge in [0.25, 0.3) is 18.7 Å². The van der Waals surface area contributed by atoms with Crippen LogP contribution in [0.25, 0.3) is 5.65 Å². The third-order valence-electron chi connectivity index (χ3n) is 5.61. The molecule has 5 heterocycles. The largest absolute Gasteiger partial charge is 0.543 e. The summed E-state index contributed by atoms with van der Waals surface area (Å²) < 4.78 is 19.5. The SMILES string of the molecule is NC(=O)C[n+]1ccn2nc(S/C=C/C3=C(C(=O)[O-])N4C(=O)C(=NC(=O)/C(=N/OCF)c5nsc(N)n5)[C@H]4SC3)ccc21. The number of β-lactam (4-membered cyclic amide) rings is 1. The van der Waals surface area contributed by atoms with E-state index in [-0.39, 0.29) is 34.7 Å². The van der Waals surface area contributed by atoms with Crippen LogP contribution >= 0.6 is 35.1 Å². The number of oxime groups is 1. The van der Waals surface area contributed by atoms with E-state index in [9.17, 15) is 28.7 Å². The molecular weight excluding hydrogens is 616 g/mol. The average Bonchev–Trinajstić information content (AvgIpc) is 3.56. The van der Waals surface area contributed by atoms with Crippen LogP contribution in [0.3, 0.4) is 0 Å². The number of nitrogens with zero attached hydrogens (tertiary/aromatic N) is 8. The van der Waals surface area contributed by atoms with Gasteiger partial charge >= 0.3 is 11.6 Å². The molecule has 0 unspecified atom stereocenters. The molecule has 42 heavy (non-hydrogen) atoms. The zero-order chi connectivity index (χ0) is 30.0. The van der Waals surface area contributed by atoms with Crippen LogP contribution in [-0.4, -0.2) is 77.0 Å². The molecule has 16 nitrogen and oxygen atoms in total. The average molecular weight is 633 g/mol. The number of carbonyl (C=O) groups excluding carboxylic acids is 4. The molecule has 0 saturated carbocycles. The topological polar surface area (TPSA) is 228 Å². The number of carbonyl (C=O) groups is 4. The molecule has 5 rings (SSSR count). The molecular formula is C22H17FN10O6S3. The zero-order valence-corrected chi connectivity index (χ0v) is 23.4. The number of alkyl halides is 1. The van der Waals surface area contributed by atoms with E-state index in [0.29, 0.717) is 16.2 Å². The summed E-state index contributed by atoms with van der Waals surface area (Å²) in [6, 6.07) is 3.46. The van der Waals surface area contributed by atoms with Crippen molar-refractivity contribution in [1.82, 2.24) is 23.9 Å². The number of hydrogen-bond acceptors (Lipinski definition) is 14. The number of thioether (sulfide) groups is 2. The van der Waals surface area contributed by atoms with Crippen LogP contribution in [0.1, 0.15) is 5.82 Å². The van der Waals surface area contributed by atoms with Gasteiger partial charge in [0.2, 0.25) is 11.5 Å². The number of amides is 3. The standard InChI is InChI=1S/C22H17FN10O6S3/c23-9-39-29-14(17-27-22(25)42-30-17)18(35)26-15-19(36)33-16(21(37)38)10(8-41-20(15)33)3-6-40-12-1-2-13-31(7-11(24)34)4-5-32(13)28-12/h1-6,20H,7-9H2,(H4-,24,25,27,30,34,37,38)/b6-3+,26-15?,29-14+/t20-/m1/s1. The van der Waals surface area contributed by atoms with Crippen LogP contribution in [0.15, 0.2) is 62.5 Å². The lowest BCUT2D eigenvalue weighted by Crippen LogP contribution is -2.63.